The molecule has 1 aromatic rings. The van der Waals surface area contributed by atoms with Gasteiger partial charge in [-0.3, -0.25) is 4.90 Å². The molecule has 1 aliphatic rings. The van der Waals surface area contributed by atoms with Gasteiger partial charge in [0.05, 0.1) is 0 Å². The summed E-state index contributed by atoms with van der Waals surface area (Å²) in [5, 5.41) is 0. The highest BCUT2D eigenvalue weighted by atomic mass is 15.2. The van der Waals surface area contributed by atoms with E-state index in [0.717, 1.165) is 13.1 Å². The van der Waals surface area contributed by atoms with Crippen LogP contribution in [0.15, 0.2) is 24.3 Å². The van der Waals surface area contributed by atoms with Crippen molar-refractivity contribution in [3.63, 3.8) is 0 Å². The summed E-state index contributed by atoms with van der Waals surface area (Å²) < 4.78 is 0. The number of piperidine rings is 1. The summed E-state index contributed by atoms with van der Waals surface area (Å²) in [4.78, 5) is 2.59. The van der Waals surface area contributed by atoms with E-state index in [9.17, 15) is 0 Å². The standard InChI is InChI=1S/C17H28N2/c1-13(2)16-9-7-15(8-10-16)12-19-14(3)5-4-6-17(19)11-18/h7-10,13-14,17H,4-6,11-12,18H2,1-3H3. The van der Waals surface area contributed by atoms with Gasteiger partial charge in [-0.15, -0.1) is 0 Å². The second kappa shape index (κ2) is 6.53. The fraction of sp³-hybridized carbons (Fsp3) is 0.647. The first kappa shape index (κ1) is 14.5. The number of hydrogen-bond acceptors (Lipinski definition) is 2. The molecule has 2 atom stereocenters. The zero-order valence-corrected chi connectivity index (χ0v) is 12.6. The predicted octanol–water partition coefficient (Wildman–Crippen LogP) is 3.51. The summed E-state index contributed by atoms with van der Waals surface area (Å²) in [6.45, 7) is 8.65. The highest BCUT2D eigenvalue weighted by molar-refractivity contribution is 5.24. The molecule has 106 valence electrons. The molecule has 0 bridgehead atoms. The van der Waals surface area contributed by atoms with E-state index in [1.807, 2.05) is 0 Å². The minimum atomic E-state index is 0.563. The molecule has 0 radical (unpaired) electrons. The molecule has 0 spiro atoms. The molecule has 2 nitrogen and oxygen atoms in total. The molecular formula is C17H28N2. The maximum Gasteiger partial charge on any atom is 0.0240 e. The number of nitrogens with two attached hydrogens (primary N) is 1. The Morgan fingerprint density at radius 2 is 1.89 bits per heavy atom. The minimum Gasteiger partial charge on any atom is -0.329 e. The Kier molecular flexibility index (Phi) is 5.00. The summed E-state index contributed by atoms with van der Waals surface area (Å²) in [6.07, 6.45) is 3.89. The number of nitrogens with zero attached hydrogens (tertiary/aromatic N) is 1. The SMILES string of the molecule is CC(C)c1ccc(CN2C(C)CCCC2CN)cc1. The van der Waals surface area contributed by atoms with Crippen LogP contribution in [0, 0.1) is 0 Å². The minimum absolute atomic E-state index is 0.563. The van der Waals surface area contributed by atoms with Gasteiger partial charge in [-0.05, 0) is 36.8 Å². The molecule has 2 N–H and O–H groups in total. The molecule has 2 heteroatoms. The summed E-state index contributed by atoms with van der Waals surface area (Å²) >= 11 is 0. The molecule has 0 saturated carbocycles. The number of hydrogen-bond donors (Lipinski definition) is 1. The summed E-state index contributed by atoms with van der Waals surface area (Å²) in [7, 11) is 0. The second-order valence-electron chi connectivity index (χ2n) is 6.24. The van der Waals surface area contributed by atoms with E-state index in [0.29, 0.717) is 18.0 Å². The van der Waals surface area contributed by atoms with E-state index in [-0.39, 0.29) is 0 Å². The molecule has 1 aliphatic heterocycles. The molecule has 19 heavy (non-hydrogen) atoms. The van der Waals surface area contributed by atoms with Gasteiger partial charge in [0.25, 0.3) is 0 Å². The molecule has 1 saturated heterocycles. The highest BCUT2D eigenvalue weighted by Crippen LogP contribution is 2.25. The summed E-state index contributed by atoms with van der Waals surface area (Å²) in [5.74, 6) is 0.611. The normalized spacial score (nSPS) is 24.9. The third-order valence-corrected chi connectivity index (χ3v) is 4.48. The van der Waals surface area contributed by atoms with Gasteiger partial charge < -0.3 is 5.73 Å². The van der Waals surface area contributed by atoms with E-state index in [1.54, 1.807) is 0 Å². The van der Waals surface area contributed by atoms with E-state index in [4.69, 9.17) is 5.73 Å². The van der Waals surface area contributed by atoms with Gasteiger partial charge in [0.2, 0.25) is 0 Å². The highest BCUT2D eigenvalue weighted by Gasteiger charge is 2.26. The first-order valence-corrected chi connectivity index (χ1v) is 7.66. The number of benzene rings is 1. The van der Waals surface area contributed by atoms with Gasteiger partial charge in [-0.1, -0.05) is 44.5 Å². The Hall–Kier alpha value is -0.860. The fourth-order valence-electron chi connectivity index (χ4n) is 3.10. The smallest absolute Gasteiger partial charge is 0.0240 e. The predicted molar refractivity (Wildman–Crippen MR) is 82.2 cm³/mol. The largest absolute Gasteiger partial charge is 0.329 e. The lowest BCUT2D eigenvalue weighted by molar-refractivity contribution is 0.0892. The zero-order valence-electron chi connectivity index (χ0n) is 12.6. The van der Waals surface area contributed by atoms with Crippen LogP contribution in [-0.2, 0) is 6.54 Å². The van der Waals surface area contributed by atoms with Gasteiger partial charge in [0, 0.05) is 25.2 Å². The molecule has 2 rings (SSSR count). The van der Waals surface area contributed by atoms with Crippen LogP contribution < -0.4 is 5.73 Å². The van der Waals surface area contributed by atoms with E-state index >= 15 is 0 Å². The first-order valence-electron chi connectivity index (χ1n) is 7.66. The van der Waals surface area contributed by atoms with Crippen molar-refractivity contribution in [3.05, 3.63) is 35.4 Å². The van der Waals surface area contributed by atoms with Crippen molar-refractivity contribution >= 4 is 0 Å². The number of likely N-dealkylation sites (tertiary alicyclic amines) is 1. The van der Waals surface area contributed by atoms with Crippen molar-refractivity contribution in [3.8, 4) is 0 Å². The van der Waals surface area contributed by atoms with Gasteiger partial charge in [0.1, 0.15) is 0 Å². The average molecular weight is 260 g/mol. The Morgan fingerprint density at radius 3 is 2.47 bits per heavy atom. The quantitative estimate of drug-likeness (QED) is 0.897. The monoisotopic (exact) mass is 260 g/mol. The first-order chi connectivity index (χ1) is 9.11. The Balaban J connectivity index is 2.05. The maximum absolute atomic E-state index is 5.93. The zero-order chi connectivity index (χ0) is 13.8. The van der Waals surface area contributed by atoms with Crippen LogP contribution in [0.25, 0.3) is 0 Å². The Labute approximate surface area is 118 Å². The molecule has 0 aromatic heterocycles. The summed E-state index contributed by atoms with van der Waals surface area (Å²) in [5.41, 5.74) is 8.77. The van der Waals surface area contributed by atoms with Crippen molar-refractivity contribution in [1.82, 2.24) is 4.90 Å². The van der Waals surface area contributed by atoms with Crippen LogP contribution >= 0.6 is 0 Å². The van der Waals surface area contributed by atoms with Crippen molar-refractivity contribution in [2.24, 2.45) is 5.73 Å². The second-order valence-corrected chi connectivity index (χ2v) is 6.24. The van der Waals surface area contributed by atoms with Crippen molar-refractivity contribution in [2.45, 2.75) is 64.6 Å². The van der Waals surface area contributed by atoms with Crippen LogP contribution in [0.5, 0.6) is 0 Å². The lowest BCUT2D eigenvalue weighted by Gasteiger charge is -2.40. The maximum atomic E-state index is 5.93. The third kappa shape index (κ3) is 3.58. The van der Waals surface area contributed by atoms with E-state index in [2.05, 4.69) is 49.9 Å². The lowest BCUT2D eigenvalue weighted by Crippen LogP contribution is -2.48. The van der Waals surface area contributed by atoms with Crippen LogP contribution in [0.1, 0.15) is 57.1 Å². The molecule has 2 unspecified atom stereocenters. The van der Waals surface area contributed by atoms with Gasteiger partial charge in [-0.2, -0.15) is 0 Å². The van der Waals surface area contributed by atoms with E-state index in [1.165, 1.54) is 30.4 Å². The molecular weight excluding hydrogens is 232 g/mol. The van der Waals surface area contributed by atoms with Gasteiger partial charge in [0.15, 0.2) is 0 Å². The Morgan fingerprint density at radius 1 is 1.21 bits per heavy atom. The van der Waals surface area contributed by atoms with Crippen molar-refractivity contribution < 1.29 is 0 Å². The van der Waals surface area contributed by atoms with Crippen LogP contribution in [-0.4, -0.2) is 23.5 Å². The third-order valence-electron chi connectivity index (χ3n) is 4.48. The molecule has 0 aliphatic carbocycles. The molecule has 0 amide bonds. The number of rotatable bonds is 4. The van der Waals surface area contributed by atoms with Crippen molar-refractivity contribution in [2.75, 3.05) is 6.54 Å². The van der Waals surface area contributed by atoms with Crippen LogP contribution in [0.4, 0.5) is 0 Å². The fourth-order valence-corrected chi connectivity index (χ4v) is 3.10. The molecule has 1 fully saturated rings. The van der Waals surface area contributed by atoms with Crippen LogP contribution in [0.3, 0.4) is 0 Å². The van der Waals surface area contributed by atoms with Crippen molar-refractivity contribution in [1.29, 1.82) is 0 Å². The average Bonchev–Trinajstić information content (AvgIpc) is 2.41. The van der Waals surface area contributed by atoms with Gasteiger partial charge in [-0.25, -0.2) is 0 Å². The van der Waals surface area contributed by atoms with E-state index < -0.39 is 0 Å². The summed E-state index contributed by atoms with van der Waals surface area (Å²) in [6, 6.07) is 10.3. The Bertz CT molecular complexity index is 383. The van der Waals surface area contributed by atoms with Crippen LogP contribution in [0.2, 0.25) is 0 Å². The topological polar surface area (TPSA) is 29.3 Å². The molecule has 1 aromatic carbocycles. The lowest BCUT2D eigenvalue weighted by atomic mass is 9.95. The van der Waals surface area contributed by atoms with Gasteiger partial charge >= 0.3 is 0 Å². The molecule has 1 heterocycles.